The van der Waals surface area contributed by atoms with Crippen LogP contribution in [0.4, 0.5) is 5.69 Å². The van der Waals surface area contributed by atoms with E-state index in [9.17, 15) is 4.79 Å². The second-order valence-corrected chi connectivity index (χ2v) is 2.95. The van der Waals surface area contributed by atoms with Gasteiger partial charge in [-0.1, -0.05) is 6.07 Å². The minimum atomic E-state index is -1.88. The number of ether oxygens (including phenoxy) is 1. The van der Waals surface area contributed by atoms with Crippen molar-refractivity contribution in [2.24, 2.45) is 0 Å². The van der Waals surface area contributed by atoms with Crippen molar-refractivity contribution in [3.63, 3.8) is 0 Å². The highest BCUT2D eigenvalue weighted by Gasteiger charge is 2.11. The molecule has 1 aromatic rings. The maximum Gasteiger partial charge on any atom is 0.707 e. The lowest BCUT2D eigenvalue weighted by atomic mass is 10.2. The van der Waals surface area contributed by atoms with Gasteiger partial charge in [-0.15, -0.1) is 0 Å². The van der Waals surface area contributed by atoms with Crippen molar-refractivity contribution in [1.82, 2.24) is 0 Å². The fraction of sp³-hybridized carbons (Fsp3) is 0.222. The number of hydrogen-bond acceptors (Lipinski definition) is 5. The fourth-order valence-electron chi connectivity index (χ4n) is 1.10. The van der Waals surface area contributed by atoms with Crippen LogP contribution >= 0.6 is 0 Å². The number of carbonyl (C=O) groups is 1. The van der Waals surface area contributed by atoms with E-state index in [4.69, 9.17) is 10.0 Å². The zero-order chi connectivity index (χ0) is 12.0. The van der Waals surface area contributed by atoms with Gasteiger partial charge in [-0.05, 0) is 12.1 Å². The Morgan fingerprint density at radius 2 is 2.25 bits per heavy atom. The van der Waals surface area contributed by atoms with Crippen LogP contribution in [0.5, 0.6) is 5.75 Å². The highest BCUT2D eigenvalue weighted by atomic mass is 16.6. The van der Waals surface area contributed by atoms with Crippen molar-refractivity contribution in [1.29, 1.82) is 0 Å². The van der Waals surface area contributed by atoms with Gasteiger partial charge < -0.3 is 24.8 Å². The zero-order valence-electron chi connectivity index (χ0n) is 8.71. The van der Waals surface area contributed by atoms with Gasteiger partial charge in [-0.3, -0.25) is 4.79 Å². The molecule has 0 heterocycles. The highest BCUT2D eigenvalue weighted by Crippen LogP contribution is 2.17. The number of rotatable bonds is 5. The first-order chi connectivity index (χ1) is 7.61. The Bertz CT molecular complexity index is 358. The topological polar surface area (TPSA) is 88.0 Å². The number of nitrogens with one attached hydrogen (secondary N) is 1. The van der Waals surface area contributed by atoms with Gasteiger partial charge in [0.25, 0.3) is 0 Å². The van der Waals surface area contributed by atoms with E-state index in [1.807, 2.05) is 0 Å². The van der Waals surface area contributed by atoms with Gasteiger partial charge in [-0.25, -0.2) is 0 Å². The molecule has 0 aliphatic carbocycles. The number of benzene rings is 1. The minimum Gasteiger partial charge on any atom is -0.512 e. The molecule has 7 heteroatoms. The summed E-state index contributed by atoms with van der Waals surface area (Å²) in [5.41, 5.74) is 0.486. The van der Waals surface area contributed by atoms with E-state index in [2.05, 4.69) is 14.7 Å². The Hall–Kier alpha value is -1.57. The highest BCUT2D eigenvalue weighted by molar-refractivity contribution is 6.33. The van der Waals surface area contributed by atoms with Gasteiger partial charge in [-0.2, -0.15) is 0 Å². The molecule has 3 N–H and O–H groups in total. The van der Waals surface area contributed by atoms with Gasteiger partial charge in [0.05, 0.1) is 0 Å². The molecule has 16 heavy (non-hydrogen) atoms. The van der Waals surface area contributed by atoms with E-state index in [1.54, 1.807) is 12.1 Å². The average Bonchev–Trinajstić information content (AvgIpc) is 2.17. The number of anilines is 1. The summed E-state index contributed by atoms with van der Waals surface area (Å²) in [6.45, 7) is -0.0479. The monoisotopic (exact) mass is 225 g/mol. The number of methoxy groups -OCH3 is 1. The third kappa shape index (κ3) is 4.30. The summed E-state index contributed by atoms with van der Waals surface area (Å²) in [7, 11) is -0.466. The molecule has 0 saturated carbocycles. The molecule has 0 aromatic heterocycles. The second-order valence-electron chi connectivity index (χ2n) is 2.95. The lowest BCUT2D eigenvalue weighted by molar-refractivity contribution is -0.119. The van der Waals surface area contributed by atoms with E-state index in [1.165, 1.54) is 19.2 Å². The van der Waals surface area contributed by atoms with Gasteiger partial charge in [0, 0.05) is 18.9 Å². The summed E-state index contributed by atoms with van der Waals surface area (Å²) in [6, 6.07) is 6.25. The van der Waals surface area contributed by atoms with E-state index in [-0.39, 0.29) is 18.3 Å². The molecule has 1 amide bonds. The minimum absolute atomic E-state index is 0.0479. The first-order valence-corrected chi connectivity index (χ1v) is 4.53. The molecule has 0 saturated heterocycles. The van der Waals surface area contributed by atoms with E-state index in [0.717, 1.165) is 0 Å². The smallest absolute Gasteiger partial charge is 0.512 e. The summed E-state index contributed by atoms with van der Waals surface area (Å²) < 4.78 is 9.27. The first-order valence-electron chi connectivity index (χ1n) is 4.53. The van der Waals surface area contributed by atoms with Crippen LogP contribution in [0.2, 0.25) is 0 Å². The lowest BCUT2D eigenvalue weighted by Crippen LogP contribution is -2.21. The van der Waals surface area contributed by atoms with Crippen LogP contribution in [0.1, 0.15) is 0 Å². The van der Waals surface area contributed by atoms with Crippen LogP contribution in [-0.4, -0.2) is 37.0 Å². The lowest BCUT2D eigenvalue weighted by Gasteiger charge is -2.08. The first kappa shape index (κ1) is 12.5. The van der Waals surface area contributed by atoms with Crippen LogP contribution < -0.4 is 9.97 Å². The normalized spacial score (nSPS) is 9.69. The van der Waals surface area contributed by atoms with Gasteiger partial charge >= 0.3 is 7.32 Å². The molecule has 0 radical (unpaired) electrons. The number of carbonyl (C=O) groups excluding carboxylic acids is 1. The van der Waals surface area contributed by atoms with E-state index in [0.29, 0.717) is 5.69 Å². The number of hydrogen-bond donors (Lipinski definition) is 3. The van der Waals surface area contributed by atoms with Gasteiger partial charge in [0.2, 0.25) is 5.91 Å². The molecule has 1 rings (SSSR count). The zero-order valence-corrected chi connectivity index (χ0v) is 8.71. The van der Waals surface area contributed by atoms with Crippen molar-refractivity contribution in [3.8, 4) is 5.75 Å². The second kappa shape index (κ2) is 6.11. The van der Waals surface area contributed by atoms with Crippen molar-refractivity contribution in [3.05, 3.63) is 24.3 Å². The van der Waals surface area contributed by atoms with E-state index >= 15 is 0 Å². The molecule has 6 nitrogen and oxygen atoms in total. The van der Waals surface area contributed by atoms with Crippen LogP contribution in [0.15, 0.2) is 24.3 Å². The Labute approximate surface area is 93.0 Å². The van der Waals surface area contributed by atoms with Crippen molar-refractivity contribution >= 4 is 18.9 Å². The van der Waals surface area contributed by atoms with Gasteiger partial charge in [0.15, 0.2) is 0 Å². The van der Waals surface area contributed by atoms with Gasteiger partial charge in [0.1, 0.15) is 12.4 Å². The largest absolute Gasteiger partial charge is 0.707 e. The number of amides is 1. The summed E-state index contributed by atoms with van der Waals surface area (Å²) in [4.78, 5) is 11.2. The summed E-state index contributed by atoms with van der Waals surface area (Å²) in [5, 5.41) is 19.7. The van der Waals surface area contributed by atoms with Crippen LogP contribution in [0.25, 0.3) is 0 Å². The molecule has 0 aliphatic rings. The summed E-state index contributed by atoms with van der Waals surface area (Å²) in [5.74, 6) is -0.0607. The maximum atomic E-state index is 11.2. The predicted molar refractivity (Wildman–Crippen MR) is 57.8 cm³/mol. The molecule has 0 aliphatic heterocycles. The Kier molecular flexibility index (Phi) is 4.78. The average molecular weight is 225 g/mol. The molecule has 0 fully saturated rings. The maximum absolute atomic E-state index is 11.2. The van der Waals surface area contributed by atoms with Crippen molar-refractivity contribution in [2.75, 3.05) is 19.0 Å². The molecule has 0 spiro atoms. The molecule has 0 atom stereocenters. The quantitative estimate of drug-likeness (QED) is 0.594. The molecular formula is C9H12BNO5. The molecule has 0 unspecified atom stereocenters. The predicted octanol–water partition coefficient (Wildman–Crippen LogP) is -0.380. The van der Waals surface area contributed by atoms with Crippen LogP contribution in [0.3, 0.4) is 0 Å². The van der Waals surface area contributed by atoms with E-state index < -0.39 is 7.32 Å². The summed E-state index contributed by atoms with van der Waals surface area (Å²) in [6.07, 6.45) is 0. The fourth-order valence-corrected chi connectivity index (χ4v) is 1.10. The Morgan fingerprint density at radius 3 is 2.88 bits per heavy atom. The molecule has 86 valence electrons. The van der Waals surface area contributed by atoms with Crippen LogP contribution in [0, 0.1) is 0 Å². The van der Waals surface area contributed by atoms with Crippen molar-refractivity contribution < 1.29 is 24.2 Å². The standard InChI is InChI=1S/C9H12BNO5/c1-15-6-9(12)11-7-3-2-4-8(5-7)16-10(13)14/h2-5,13-14H,6H2,1H3,(H,11,12). The SMILES string of the molecule is COCC(=O)Nc1cccc(OB(O)O)c1. The molecular weight excluding hydrogens is 213 g/mol. The Morgan fingerprint density at radius 1 is 1.50 bits per heavy atom. The third-order valence-corrected chi connectivity index (χ3v) is 1.63. The molecule has 1 aromatic carbocycles. The van der Waals surface area contributed by atoms with Crippen LogP contribution in [-0.2, 0) is 9.53 Å². The molecule has 0 bridgehead atoms. The summed E-state index contributed by atoms with van der Waals surface area (Å²) >= 11 is 0. The van der Waals surface area contributed by atoms with Crippen molar-refractivity contribution in [2.45, 2.75) is 0 Å². The third-order valence-electron chi connectivity index (χ3n) is 1.63. The Balaban J connectivity index is 2.63.